The van der Waals surface area contributed by atoms with Gasteiger partial charge >= 0.3 is 5.97 Å². The number of hydrazone groups is 1. The van der Waals surface area contributed by atoms with E-state index in [1.807, 2.05) is 37.4 Å². The molecule has 0 spiro atoms. The topological polar surface area (TPSA) is 77.0 Å². The average Bonchev–Trinajstić information content (AvgIpc) is 3.23. The zero-order valence-electron chi connectivity index (χ0n) is 16.0. The van der Waals surface area contributed by atoms with Crippen molar-refractivity contribution in [3.63, 3.8) is 0 Å². The summed E-state index contributed by atoms with van der Waals surface area (Å²) in [5.74, 6) is 0.277. The van der Waals surface area contributed by atoms with Crippen LogP contribution in [0.3, 0.4) is 0 Å². The second kappa shape index (κ2) is 9.66. The summed E-state index contributed by atoms with van der Waals surface area (Å²) in [6.07, 6.45) is 1.47. The van der Waals surface area contributed by atoms with E-state index < -0.39 is 5.97 Å². The zero-order valence-corrected chi connectivity index (χ0v) is 16.9. The minimum atomic E-state index is -0.411. The first-order chi connectivity index (χ1) is 14.0. The van der Waals surface area contributed by atoms with Crippen LogP contribution in [-0.4, -0.2) is 24.7 Å². The number of ether oxygens (including phenoxy) is 2. The van der Waals surface area contributed by atoms with Gasteiger partial charge in [-0.05, 0) is 54.6 Å². The molecule has 0 saturated heterocycles. The molecule has 1 amide bonds. The molecule has 0 radical (unpaired) electrons. The third kappa shape index (κ3) is 6.02. The van der Waals surface area contributed by atoms with Gasteiger partial charge in [-0.25, -0.2) is 10.2 Å². The zero-order chi connectivity index (χ0) is 20.6. The minimum absolute atomic E-state index is 0.139. The van der Waals surface area contributed by atoms with Gasteiger partial charge in [0.15, 0.2) is 6.61 Å². The van der Waals surface area contributed by atoms with Crippen molar-refractivity contribution in [3.05, 3.63) is 81.5 Å². The van der Waals surface area contributed by atoms with E-state index in [-0.39, 0.29) is 12.5 Å². The van der Waals surface area contributed by atoms with Crippen LogP contribution in [0.4, 0.5) is 0 Å². The SMILES string of the molecule is Cc1ccc(OCC(=O)N/N=C/c2cccc(OC(=O)c3cccs3)c2)c(C)c1. The molecule has 6 nitrogen and oxygen atoms in total. The van der Waals surface area contributed by atoms with Gasteiger partial charge in [0, 0.05) is 0 Å². The summed E-state index contributed by atoms with van der Waals surface area (Å²) < 4.78 is 10.8. The summed E-state index contributed by atoms with van der Waals surface area (Å²) in [7, 11) is 0. The number of thiophene rings is 1. The summed E-state index contributed by atoms with van der Waals surface area (Å²) in [5.41, 5.74) is 5.19. The number of hydrogen-bond donors (Lipinski definition) is 1. The third-order valence-corrected chi connectivity index (χ3v) is 4.73. The Labute approximate surface area is 172 Å². The van der Waals surface area contributed by atoms with Crippen LogP contribution < -0.4 is 14.9 Å². The Hall–Kier alpha value is -3.45. The van der Waals surface area contributed by atoms with Gasteiger partial charge in [0.2, 0.25) is 0 Å². The first kappa shape index (κ1) is 20.3. The highest BCUT2D eigenvalue weighted by molar-refractivity contribution is 7.12. The molecule has 0 aliphatic heterocycles. The number of nitrogens with zero attached hydrogens (tertiary/aromatic N) is 1. The van der Waals surface area contributed by atoms with E-state index in [0.717, 1.165) is 11.1 Å². The van der Waals surface area contributed by atoms with E-state index in [4.69, 9.17) is 9.47 Å². The van der Waals surface area contributed by atoms with Crippen LogP contribution in [-0.2, 0) is 4.79 Å². The summed E-state index contributed by atoms with van der Waals surface area (Å²) in [5, 5.41) is 5.73. The van der Waals surface area contributed by atoms with E-state index in [9.17, 15) is 9.59 Å². The number of rotatable bonds is 7. The van der Waals surface area contributed by atoms with Crippen molar-refractivity contribution in [1.82, 2.24) is 5.43 Å². The fourth-order valence-corrected chi connectivity index (χ4v) is 3.12. The smallest absolute Gasteiger partial charge is 0.353 e. The number of carbonyl (C=O) groups excluding carboxylic acids is 2. The van der Waals surface area contributed by atoms with E-state index >= 15 is 0 Å². The number of aryl methyl sites for hydroxylation is 2. The lowest BCUT2D eigenvalue weighted by Gasteiger charge is -2.08. The van der Waals surface area contributed by atoms with Gasteiger partial charge in [-0.2, -0.15) is 5.10 Å². The number of nitrogens with one attached hydrogen (secondary N) is 1. The first-order valence-corrected chi connectivity index (χ1v) is 9.77. The lowest BCUT2D eigenvalue weighted by atomic mass is 10.1. The van der Waals surface area contributed by atoms with Gasteiger partial charge < -0.3 is 9.47 Å². The highest BCUT2D eigenvalue weighted by Gasteiger charge is 2.09. The van der Waals surface area contributed by atoms with Crippen LogP contribution in [0.1, 0.15) is 26.4 Å². The molecule has 2 aromatic carbocycles. The Morgan fingerprint density at radius 2 is 1.97 bits per heavy atom. The lowest BCUT2D eigenvalue weighted by Crippen LogP contribution is -2.24. The molecule has 0 aliphatic carbocycles. The lowest BCUT2D eigenvalue weighted by molar-refractivity contribution is -0.123. The monoisotopic (exact) mass is 408 g/mol. The molecule has 3 aromatic rings. The highest BCUT2D eigenvalue weighted by Crippen LogP contribution is 2.18. The van der Waals surface area contributed by atoms with E-state index in [0.29, 0.717) is 21.9 Å². The molecule has 1 N–H and O–H groups in total. The van der Waals surface area contributed by atoms with Gasteiger partial charge in [0.25, 0.3) is 5.91 Å². The van der Waals surface area contributed by atoms with Crippen molar-refractivity contribution in [1.29, 1.82) is 0 Å². The third-order valence-electron chi connectivity index (χ3n) is 3.88. The van der Waals surface area contributed by atoms with Crippen LogP contribution in [0, 0.1) is 13.8 Å². The predicted octanol–water partition coefficient (Wildman–Crippen LogP) is 4.11. The van der Waals surface area contributed by atoms with E-state index in [1.165, 1.54) is 17.6 Å². The summed E-state index contributed by atoms with van der Waals surface area (Å²) in [6, 6.07) is 16.1. The average molecular weight is 408 g/mol. The molecule has 0 unspecified atom stereocenters. The fourth-order valence-electron chi connectivity index (χ4n) is 2.53. The Kier molecular flexibility index (Phi) is 6.76. The summed E-state index contributed by atoms with van der Waals surface area (Å²) >= 11 is 1.32. The molecule has 29 heavy (non-hydrogen) atoms. The molecule has 0 bridgehead atoms. The van der Waals surface area contributed by atoms with Gasteiger partial charge in [-0.3, -0.25) is 4.79 Å². The number of benzene rings is 2. The van der Waals surface area contributed by atoms with Crippen molar-refractivity contribution >= 4 is 29.4 Å². The van der Waals surface area contributed by atoms with Crippen molar-refractivity contribution in [2.45, 2.75) is 13.8 Å². The van der Waals surface area contributed by atoms with Gasteiger partial charge in [0.1, 0.15) is 16.4 Å². The van der Waals surface area contributed by atoms with Crippen molar-refractivity contribution in [2.24, 2.45) is 5.10 Å². The Balaban J connectivity index is 1.50. The molecule has 0 saturated carbocycles. The molecule has 7 heteroatoms. The normalized spacial score (nSPS) is 10.7. The number of amides is 1. The Morgan fingerprint density at radius 3 is 2.72 bits per heavy atom. The number of esters is 1. The van der Waals surface area contributed by atoms with Crippen LogP contribution in [0.15, 0.2) is 65.1 Å². The fraction of sp³-hybridized carbons (Fsp3) is 0.136. The maximum Gasteiger partial charge on any atom is 0.353 e. The van der Waals surface area contributed by atoms with Gasteiger partial charge in [-0.15, -0.1) is 11.3 Å². The van der Waals surface area contributed by atoms with Crippen LogP contribution in [0.25, 0.3) is 0 Å². The largest absolute Gasteiger partial charge is 0.483 e. The van der Waals surface area contributed by atoms with E-state index in [1.54, 1.807) is 36.4 Å². The highest BCUT2D eigenvalue weighted by atomic mass is 32.1. The maximum absolute atomic E-state index is 12.0. The van der Waals surface area contributed by atoms with Gasteiger partial charge in [0.05, 0.1) is 6.21 Å². The van der Waals surface area contributed by atoms with Crippen molar-refractivity contribution in [3.8, 4) is 11.5 Å². The quantitative estimate of drug-likeness (QED) is 0.276. The first-order valence-electron chi connectivity index (χ1n) is 8.89. The molecule has 1 aromatic heterocycles. The Bertz CT molecular complexity index is 1030. The number of hydrogen-bond acceptors (Lipinski definition) is 6. The van der Waals surface area contributed by atoms with Crippen LogP contribution in [0.5, 0.6) is 11.5 Å². The van der Waals surface area contributed by atoms with E-state index in [2.05, 4.69) is 10.5 Å². The summed E-state index contributed by atoms with van der Waals surface area (Å²) in [6.45, 7) is 3.78. The molecule has 3 rings (SSSR count). The molecular formula is C22H20N2O4S. The van der Waals surface area contributed by atoms with Crippen molar-refractivity contribution in [2.75, 3.05) is 6.61 Å². The molecule has 0 atom stereocenters. The molecular weight excluding hydrogens is 388 g/mol. The second-order valence-electron chi connectivity index (χ2n) is 6.29. The maximum atomic E-state index is 12.0. The molecule has 0 aliphatic rings. The van der Waals surface area contributed by atoms with Crippen molar-refractivity contribution < 1.29 is 19.1 Å². The summed E-state index contributed by atoms with van der Waals surface area (Å²) in [4.78, 5) is 24.4. The standard InChI is InChI=1S/C22H20N2O4S/c1-15-8-9-19(16(2)11-15)27-14-21(25)24-23-13-17-5-3-6-18(12-17)28-22(26)20-7-4-10-29-20/h3-13H,14H2,1-2H3,(H,24,25)/b23-13+. The molecule has 1 heterocycles. The van der Waals surface area contributed by atoms with Crippen LogP contribution >= 0.6 is 11.3 Å². The number of carbonyl (C=O) groups is 2. The molecule has 0 fully saturated rings. The molecule has 148 valence electrons. The second-order valence-corrected chi connectivity index (χ2v) is 7.24. The predicted molar refractivity (Wildman–Crippen MR) is 113 cm³/mol. The van der Waals surface area contributed by atoms with Gasteiger partial charge in [-0.1, -0.05) is 35.9 Å². The van der Waals surface area contributed by atoms with Crippen LogP contribution in [0.2, 0.25) is 0 Å². The minimum Gasteiger partial charge on any atom is -0.483 e. The Morgan fingerprint density at radius 1 is 1.10 bits per heavy atom.